The molecule has 1 fully saturated rings. The van der Waals surface area contributed by atoms with Crippen LogP contribution >= 0.6 is 0 Å². The maximum atomic E-state index is 11.3. The van der Waals surface area contributed by atoms with Crippen LogP contribution < -0.4 is 16.2 Å². The van der Waals surface area contributed by atoms with Gasteiger partial charge in [-0.05, 0) is 12.1 Å². The molecule has 2 unspecified atom stereocenters. The van der Waals surface area contributed by atoms with E-state index in [1.165, 1.54) is 0 Å². The van der Waals surface area contributed by atoms with E-state index in [-0.39, 0.29) is 13.2 Å². The number of para-hydroxylation sites is 2. The number of β-amino-alcohol motifs (C(OH)–C–C–N with tert-alkyl or cyclic N) is 1. The fourth-order valence-corrected chi connectivity index (χ4v) is 2.24. The van der Waals surface area contributed by atoms with Gasteiger partial charge in [-0.15, -0.1) is 0 Å². The van der Waals surface area contributed by atoms with Crippen LogP contribution in [-0.4, -0.2) is 61.0 Å². The number of amides is 1. The first-order chi connectivity index (χ1) is 10.1. The summed E-state index contributed by atoms with van der Waals surface area (Å²) in [5, 5.41) is 10.1. The average Bonchev–Trinajstić information content (AvgIpc) is 2.47. The van der Waals surface area contributed by atoms with Crippen LogP contribution in [0.25, 0.3) is 0 Å². The molecule has 5 N–H and O–H groups in total. The molecule has 1 aromatic rings. The fourth-order valence-electron chi connectivity index (χ4n) is 2.24. The highest BCUT2D eigenvalue weighted by Crippen LogP contribution is 2.20. The summed E-state index contributed by atoms with van der Waals surface area (Å²) in [6.45, 7) is 1.72. The summed E-state index contributed by atoms with van der Waals surface area (Å²) in [6, 6.07) is 6.58. The SMILES string of the molecule is NC(=O)C1COCCN1CC(O)COc1ccccc1N. The van der Waals surface area contributed by atoms with Crippen LogP contribution in [0.15, 0.2) is 24.3 Å². The van der Waals surface area contributed by atoms with E-state index in [2.05, 4.69) is 0 Å². The van der Waals surface area contributed by atoms with Crippen molar-refractivity contribution in [2.24, 2.45) is 5.73 Å². The highest BCUT2D eigenvalue weighted by atomic mass is 16.5. The number of nitrogens with two attached hydrogens (primary N) is 2. The van der Waals surface area contributed by atoms with Crippen LogP contribution in [-0.2, 0) is 9.53 Å². The van der Waals surface area contributed by atoms with Crippen molar-refractivity contribution in [2.45, 2.75) is 12.1 Å². The van der Waals surface area contributed by atoms with Crippen molar-refractivity contribution in [1.82, 2.24) is 4.90 Å². The molecule has 0 aromatic heterocycles. The number of carbonyl (C=O) groups is 1. The summed E-state index contributed by atoms with van der Waals surface area (Å²) >= 11 is 0. The van der Waals surface area contributed by atoms with Gasteiger partial charge < -0.3 is 26.0 Å². The summed E-state index contributed by atoms with van der Waals surface area (Å²) in [7, 11) is 0. The van der Waals surface area contributed by atoms with Gasteiger partial charge in [0.05, 0.1) is 18.9 Å². The lowest BCUT2D eigenvalue weighted by Gasteiger charge is -2.34. The van der Waals surface area contributed by atoms with E-state index in [0.29, 0.717) is 31.1 Å². The molecular weight excluding hydrogens is 274 g/mol. The van der Waals surface area contributed by atoms with Crippen molar-refractivity contribution in [3.05, 3.63) is 24.3 Å². The number of hydrogen-bond donors (Lipinski definition) is 3. The molecule has 2 rings (SSSR count). The molecule has 116 valence electrons. The third-order valence-corrected chi connectivity index (χ3v) is 3.36. The Bertz CT molecular complexity index is 483. The molecule has 0 aliphatic carbocycles. The molecule has 1 aliphatic rings. The molecule has 1 aliphatic heterocycles. The second-order valence-electron chi connectivity index (χ2n) is 4.99. The normalized spacial score (nSPS) is 20.9. The Balaban J connectivity index is 1.84. The van der Waals surface area contributed by atoms with Crippen molar-refractivity contribution in [2.75, 3.05) is 38.6 Å². The quantitative estimate of drug-likeness (QED) is 0.592. The number of morpholine rings is 1. The van der Waals surface area contributed by atoms with Crippen LogP contribution in [0.4, 0.5) is 5.69 Å². The summed E-state index contributed by atoms with van der Waals surface area (Å²) in [5.74, 6) is 0.0834. The smallest absolute Gasteiger partial charge is 0.237 e. The van der Waals surface area contributed by atoms with Gasteiger partial charge in [-0.25, -0.2) is 0 Å². The van der Waals surface area contributed by atoms with E-state index in [0.717, 1.165) is 0 Å². The number of nitrogen functional groups attached to an aromatic ring is 1. The molecule has 1 aromatic carbocycles. The Morgan fingerprint density at radius 1 is 1.52 bits per heavy atom. The second kappa shape index (κ2) is 7.26. The van der Waals surface area contributed by atoms with Crippen molar-refractivity contribution in [1.29, 1.82) is 0 Å². The minimum Gasteiger partial charge on any atom is -0.489 e. The summed E-state index contributed by atoms with van der Waals surface area (Å²) < 4.78 is 10.7. The number of carbonyl (C=O) groups excluding carboxylic acids is 1. The van der Waals surface area contributed by atoms with Gasteiger partial charge in [-0.1, -0.05) is 12.1 Å². The van der Waals surface area contributed by atoms with E-state index in [4.69, 9.17) is 20.9 Å². The van der Waals surface area contributed by atoms with Gasteiger partial charge in [0.15, 0.2) is 0 Å². The van der Waals surface area contributed by atoms with Crippen molar-refractivity contribution >= 4 is 11.6 Å². The van der Waals surface area contributed by atoms with Crippen LogP contribution in [0.5, 0.6) is 5.75 Å². The highest BCUT2D eigenvalue weighted by Gasteiger charge is 2.29. The zero-order valence-corrected chi connectivity index (χ0v) is 11.8. The van der Waals surface area contributed by atoms with Gasteiger partial charge in [0.1, 0.15) is 24.5 Å². The van der Waals surface area contributed by atoms with E-state index < -0.39 is 18.1 Å². The van der Waals surface area contributed by atoms with Crippen LogP contribution in [0.1, 0.15) is 0 Å². The number of hydrogen-bond acceptors (Lipinski definition) is 6. The molecule has 1 amide bonds. The number of primary amides is 1. The largest absolute Gasteiger partial charge is 0.489 e. The maximum absolute atomic E-state index is 11.3. The summed E-state index contributed by atoms with van der Waals surface area (Å²) in [4.78, 5) is 13.2. The van der Waals surface area contributed by atoms with E-state index >= 15 is 0 Å². The number of anilines is 1. The van der Waals surface area contributed by atoms with Crippen molar-refractivity contribution in [3.63, 3.8) is 0 Å². The second-order valence-corrected chi connectivity index (χ2v) is 4.99. The predicted molar refractivity (Wildman–Crippen MR) is 77.7 cm³/mol. The lowest BCUT2D eigenvalue weighted by Crippen LogP contribution is -2.54. The first-order valence-electron chi connectivity index (χ1n) is 6.84. The Morgan fingerprint density at radius 3 is 3.00 bits per heavy atom. The molecule has 0 bridgehead atoms. The Morgan fingerprint density at radius 2 is 2.29 bits per heavy atom. The van der Waals surface area contributed by atoms with Gasteiger partial charge >= 0.3 is 0 Å². The molecule has 0 radical (unpaired) electrons. The molecule has 21 heavy (non-hydrogen) atoms. The number of nitrogens with zero attached hydrogens (tertiary/aromatic N) is 1. The Kier molecular flexibility index (Phi) is 5.38. The van der Waals surface area contributed by atoms with E-state index in [9.17, 15) is 9.90 Å². The number of aliphatic hydroxyl groups excluding tert-OH is 1. The fraction of sp³-hybridized carbons (Fsp3) is 0.500. The molecule has 7 heteroatoms. The topological polar surface area (TPSA) is 111 Å². The van der Waals surface area contributed by atoms with Crippen molar-refractivity contribution in [3.8, 4) is 5.75 Å². The first-order valence-corrected chi connectivity index (χ1v) is 6.84. The van der Waals surface area contributed by atoms with E-state index in [1.54, 1.807) is 12.1 Å². The molecule has 1 saturated heterocycles. The zero-order chi connectivity index (χ0) is 15.2. The maximum Gasteiger partial charge on any atom is 0.237 e. The standard InChI is InChI=1S/C14H21N3O4/c15-11-3-1-2-4-13(11)21-8-10(18)7-17-5-6-20-9-12(17)14(16)19/h1-4,10,12,18H,5-9,15H2,(H2,16,19). The highest BCUT2D eigenvalue weighted by molar-refractivity contribution is 5.80. The molecule has 2 atom stereocenters. The summed E-state index contributed by atoms with van der Waals surface area (Å²) in [6.07, 6.45) is -0.746. The lowest BCUT2D eigenvalue weighted by molar-refractivity contribution is -0.130. The number of aliphatic hydroxyl groups is 1. The monoisotopic (exact) mass is 295 g/mol. The predicted octanol–water partition coefficient (Wildman–Crippen LogP) is -0.805. The van der Waals surface area contributed by atoms with Gasteiger partial charge in [0.25, 0.3) is 0 Å². The third-order valence-electron chi connectivity index (χ3n) is 3.36. The lowest BCUT2D eigenvalue weighted by atomic mass is 10.2. The van der Waals surface area contributed by atoms with Crippen molar-refractivity contribution < 1.29 is 19.4 Å². The van der Waals surface area contributed by atoms with Gasteiger partial charge in [-0.2, -0.15) is 0 Å². The van der Waals surface area contributed by atoms with Crippen LogP contribution in [0, 0.1) is 0 Å². The first kappa shape index (κ1) is 15.6. The minimum atomic E-state index is -0.746. The number of ether oxygens (including phenoxy) is 2. The molecule has 0 saturated carbocycles. The van der Waals surface area contributed by atoms with Gasteiger partial charge in [-0.3, -0.25) is 9.69 Å². The van der Waals surface area contributed by atoms with Crippen LogP contribution in [0.2, 0.25) is 0 Å². The molecule has 0 spiro atoms. The zero-order valence-electron chi connectivity index (χ0n) is 11.8. The summed E-state index contributed by atoms with van der Waals surface area (Å²) in [5.41, 5.74) is 11.6. The van der Waals surface area contributed by atoms with Gasteiger partial charge in [0, 0.05) is 13.1 Å². The molecular formula is C14H21N3O4. The van der Waals surface area contributed by atoms with Gasteiger partial charge in [0.2, 0.25) is 5.91 Å². The average molecular weight is 295 g/mol. The third kappa shape index (κ3) is 4.32. The molecule has 1 heterocycles. The molecule has 7 nitrogen and oxygen atoms in total. The Hall–Kier alpha value is -1.83. The van der Waals surface area contributed by atoms with Crippen LogP contribution in [0.3, 0.4) is 0 Å². The number of benzene rings is 1. The minimum absolute atomic E-state index is 0.0943. The Labute approximate surface area is 123 Å². The number of rotatable bonds is 6. The van der Waals surface area contributed by atoms with E-state index in [1.807, 2.05) is 17.0 Å².